The monoisotopic (exact) mass is 366 g/mol. The molecule has 0 spiro atoms. The summed E-state index contributed by atoms with van der Waals surface area (Å²) < 4.78 is 5.08. The molecule has 0 aliphatic carbocycles. The Morgan fingerprint density at radius 1 is 1.11 bits per heavy atom. The zero-order valence-electron chi connectivity index (χ0n) is 15.2. The lowest BCUT2D eigenvalue weighted by atomic mass is 10.1. The van der Waals surface area contributed by atoms with E-state index in [1.54, 1.807) is 29.2 Å². The zero-order valence-corrected chi connectivity index (χ0v) is 15.2. The van der Waals surface area contributed by atoms with E-state index in [0.717, 1.165) is 17.7 Å². The van der Waals surface area contributed by atoms with Crippen molar-refractivity contribution in [2.24, 2.45) is 0 Å². The Labute approximate surface area is 158 Å². The molecule has 1 fully saturated rings. The Hall–Kier alpha value is -3.15. The van der Waals surface area contributed by atoms with Crippen LogP contribution in [0.3, 0.4) is 0 Å². The van der Waals surface area contributed by atoms with Gasteiger partial charge in [0.25, 0.3) is 5.91 Å². The fourth-order valence-corrected chi connectivity index (χ4v) is 3.02. The predicted octanol–water partition coefficient (Wildman–Crippen LogP) is 2.85. The third-order valence-electron chi connectivity index (χ3n) is 4.50. The fourth-order valence-electron chi connectivity index (χ4n) is 3.02. The second-order valence-corrected chi connectivity index (χ2v) is 6.47. The smallest absolute Gasteiger partial charge is 0.338 e. The molecule has 2 amide bonds. The summed E-state index contributed by atoms with van der Waals surface area (Å²) in [7, 11) is 0. The van der Waals surface area contributed by atoms with Crippen molar-refractivity contribution in [2.45, 2.75) is 25.8 Å². The normalized spacial score (nSPS) is 14.7. The molecule has 6 heteroatoms. The first-order valence-electron chi connectivity index (χ1n) is 8.96. The van der Waals surface area contributed by atoms with Gasteiger partial charge in [-0.2, -0.15) is 0 Å². The standard InChI is InChI=1S/C21H22N2O4/c1-15(16-6-3-2-4-7-16)22-19(24)14-27-21(26)17-9-11-18(12-10-17)23-13-5-8-20(23)25/h2-4,6-7,9-12,15H,5,8,13-14H2,1H3,(H,22,24)/t15-/m0/s1. The van der Waals surface area contributed by atoms with Gasteiger partial charge in [-0.25, -0.2) is 4.79 Å². The van der Waals surface area contributed by atoms with Crippen LogP contribution in [0.4, 0.5) is 5.69 Å². The van der Waals surface area contributed by atoms with E-state index in [4.69, 9.17) is 4.74 Å². The molecule has 2 aromatic rings. The van der Waals surface area contributed by atoms with Crippen molar-refractivity contribution in [3.63, 3.8) is 0 Å². The highest BCUT2D eigenvalue weighted by Gasteiger charge is 2.22. The lowest BCUT2D eigenvalue weighted by molar-refractivity contribution is -0.124. The summed E-state index contributed by atoms with van der Waals surface area (Å²) in [5.74, 6) is -0.842. The van der Waals surface area contributed by atoms with Gasteiger partial charge in [0.15, 0.2) is 6.61 Å². The summed E-state index contributed by atoms with van der Waals surface area (Å²) in [6.45, 7) is 2.22. The van der Waals surface area contributed by atoms with Crippen LogP contribution < -0.4 is 10.2 Å². The minimum atomic E-state index is -0.572. The molecule has 3 rings (SSSR count). The highest BCUT2D eigenvalue weighted by molar-refractivity contribution is 5.96. The SMILES string of the molecule is C[C@H](NC(=O)COC(=O)c1ccc(N2CCCC2=O)cc1)c1ccccc1. The minimum absolute atomic E-state index is 0.0922. The molecule has 140 valence electrons. The van der Waals surface area contributed by atoms with Crippen molar-refractivity contribution in [3.05, 3.63) is 65.7 Å². The molecular weight excluding hydrogens is 344 g/mol. The maximum absolute atomic E-state index is 12.1. The summed E-state index contributed by atoms with van der Waals surface area (Å²) in [6.07, 6.45) is 1.40. The van der Waals surface area contributed by atoms with Gasteiger partial charge in [0.2, 0.25) is 5.91 Å². The molecule has 2 aromatic carbocycles. The maximum Gasteiger partial charge on any atom is 0.338 e. The molecule has 6 nitrogen and oxygen atoms in total. The van der Waals surface area contributed by atoms with Gasteiger partial charge in [0, 0.05) is 18.7 Å². The largest absolute Gasteiger partial charge is 0.452 e. The molecule has 1 atom stereocenters. The number of nitrogens with zero attached hydrogens (tertiary/aromatic N) is 1. The number of anilines is 1. The number of carbonyl (C=O) groups excluding carboxylic acids is 3. The number of nitrogens with one attached hydrogen (secondary N) is 1. The average molecular weight is 366 g/mol. The van der Waals surface area contributed by atoms with Crippen molar-refractivity contribution in [2.75, 3.05) is 18.1 Å². The van der Waals surface area contributed by atoms with Gasteiger partial charge in [-0.1, -0.05) is 30.3 Å². The summed E-state index contributed by atoms with van der Waals surface area (Å²) in [5, 5.41) is 2.79. The van der Waals surface area contributed by atoms with Crippen LogP contribution in [0.15, 0.2) is 54.6 Å². The van der Waals surface area contributed by atoms with E-state index in [1.807, 2.05) is 37.3 Å². The lowest BCUT2D eigenvalue weighted by Gasteiger charge is -2.16. The highest BCUT2D eigenvalue weighted by Crippen LogP contribution is 2.21. The van der Waals surface area contributed by atoms with Gasteiger partial charge in [0.05, 0.1) is 11.6 Å². The molecule has 0 radical (unpaired) electrons. The van der Waals surface area contributed by atoms with E-state index in [0.29, 0.717) is 18.5 Å². The Bertz CT molecular complexity index is 818. The molecule has 1 N–H and O–H groups in total. The number of carbonyl (C=O) groups is 3. The number of amides is 2. The first kappa shape index (κ1) is 18.6. The van der Waals surface area contributed by atoms with Crippen molar-refractivity contribution < 1.29 is 19.1 Å². The van der Waals surface area contributed by atoms with E-state index in [2.05, 4.69) is 5.32 Å². The second-order valence-electron chi connectivity index (χ2n) is 6.47. The average Bonchev–Trinajstić information content (AvgIpc) is 3.13. The van der Waals surface area contributed by atoms with Gasteiger partial charge in [-0.3, -0.25) is 9.59 Å². The van der Waals surface area contributed by atoms with E-state index in [9.17, 15) is 14.4 Å². The van der Waals surface area contributed by atoms with E-state index < -0.39 is 5.97 Å². The van der Waals surface area contributed by atoms with Crippen LogP contribution in [-0.4, -0.2) is 30.9 Å². The van der Waals surface area contributed by atoms with Crippen LogP contribution in [0.2, 0.25) is 0 Å². The van der Waals surface area contributed by atoms with Crippen LogP contribution >= 0.6 is 0 Å². The van der Waals surface area contributed by atoms with Crippen LogP contribution in [-0.2, 0) is 14.3 Å². The molecular formula is C21H22N2O4. The molecule has 1 heterocycles. The summed E-state index contributed by atoms with van der Waals surface area (Å²) in [4.78, 5) is 37.6. The zero-order chi connectivity index (χ0) is 19.2. The number of hydrogen-bond acceptors (Lipinski definition) is 4. The van der Waals surface area contributed by atoms with E-state index in [1.165, 1.54) is 0 Å². The lowest BCUT2D eigenvalue weighted by Crippen LogP contribution is -2.31. The molecule has 0 aromatic heterocycles. The quantitative estimate of drug-likeness (QED) is 0.798. The van der Waals surface area contributed by atoms with Crippen LogP contribution in [0.25, 0.3) is 0 Å². The first-order chi connectivity index (χ1) is 13.0. The van der Waals surface area contributed by atoms with E-state index in [-0.39, 0.29) is 24.5 Å². The number of ether oxygens (including phenoxy) is 1. The Balaban J connectivity index is 1.50. The molecule has 1 saturated heterocycles. The predicted molar refractivity (Wildman–Crippen MR) is 101 cm³/mol. The number of rotatable bonds is 6. The van der Waals surface area contributed by atoms with Crippen molar-refractivity contribution in [3.8, 4) is 0 Å². The molecule has 0 unspecified atom stereocenters. The minimum Gasteiger partial charge on any atom is -0.452 e. The van der Waals surface area contributed by atoms with Crippen molar-refractivity contribution in [1.29, 1.82) is 0 Å². The van der Waals surface area contributed by atoms with Crippen molar-refractivity contribution in [1.82, 2.24) is 5.32 Å². The third-order valence-corrected chi connectivity index (χ3v) is 4.50. The summed E-state index contributed by atoms with van der Waals surface area (Å²) in [6, 6.07) is 16.0. The summed E-state index contributed by atoms with van der Waals surface area (Å²) in [5.41, 5.74) is 2.09. The van der Waals surface area contributed by atoms with Crippen LogP contribution in [0.1, 0.15) is 41.7 Å². The van der Waals surface area contributed by atoms with Crippen LogP contribution in [0.5, 0.6) is 0 Å². The molecule has 1 aliphatic rings. The molecule has 27 heavy (non-hydrogen) atoms. The maximum atomic E-state index is 12.1. The Kier molecular flexibility index (Phi) is 5.86. The number of hydrogen-bond donors (Lipinski definition) is 1. The number of benzene rings is 2. The fraction of sp³-hybridized carbons (Fsp3) is 0.286. The second kappa shape index (κ2) is 8.49. The van der Waals surface area contributed by atoms with Crippen molar-refractivity contribution >= 4 is 23.5 Å². The van der Waals surface area contributed by atoms with Gasteiger partial charge >= 0.3 is 5.97 Å². The Morgan fingerprint density at radius 2 is 1.81 bits per heavy atom. The highest BCUT2D eigenvalue weighted by atomic mass is 16.5. The molecule has 0 saturated carbocycles. The topological polar surface area (TPSA) is 75.7 Å². The number of esters is 1. The van der Waals surface area contributed by atoms with Gasteiger partial charge in [-0.05, 0) is 43.2 Å². The molecule has 1 aliphatic heterocycles. The summed E-state index contributed by atoms with van der Waals surface area (Å²) >= 11 is 0. The van der Waals surface area contributed by atoms with Gasteiger partial charge in [0.1, 0.15) is 0 Å². The van der Waals surface area contributed by atoms with Gasteiger partial charge < -0.3 is 15.0 Å². The first-order valence-corrected chi connectivity index (χ1v) is 8.96. The third kappa shape index (κ3) is 4.73. The molecule has 0 bridgehead atoms. The Morgan fingerprint density at radius 3 is 2.44 bits per heavy atom. The van der Waals surface area contributed by atoms with Gasteiger partial charge in [-0.15, -0.1) is 0 Å². The van der Waals surface area contributed by atoms with E-state index >= 15 is 0 Å². The van der Waals surface area contributed by atoms with Crippen LogP contribution in [0, 0.1) is 0 Å².